The molecule has 0 radical (unpaired) electrons. The first-order valence-corrected chi connectivity index (χ1v) is 11.3. The molecule has 3 aromatic carbocycles. The van der Waals surface area contributed by atoms with E-state index in [0.29, 0.717) is 52.2 Å². The van der Waals surface area contributed by atoms with Gasteiger partial charge in [0.1, 0.15) is 18.2 Å². The predicted molar refractivity (Wildman–Crippen MR) is 137 cm³/mol. The van der Waals surface area contributed by atoms with Crippen molar-refractivity contribution >= 4 is 34.9 Å². The first kappa shape index (κ1) is 24.0. The van der Waals surface area contributed by atoms with Gasteiger partial charge >= 0.3 is 0 Å². The van der Waals surface area contributed by atoms with Crippen molar-refractivity contribution in [3.8, 4) is 17.0 Å². The zero-order valence-corrected chi connectivity index (χ0v) is 19.8. The maximum Gasteiger partial charge on any atom is 0.257 e. The molecule has 0 aliphatic carbocycles. The Kier molecular flexibility index (Phi) is 7.45. The molecule has 2 amide bonds. The van der Waals surface area contributed by atoms with Crippen LogP contribution in [-0.2, 0) is 7.05 Å². The minimum atomic E-state index is -0.288. The van der Waals surface area contributed by atoms with E-state index in [-0.39, 0.29) is 11.8 Å². The van der Waals surface area contributed by atoms with Crippen molar-refractivity contribution in [3.05, 3.63) is 95.0 Å². The number of nitrogens with one attached hydrogen (secondary N) is 2. The molecule has 0 aliphatic rings. The molecule has 4 rings (SSSR count). The maximum atomic E-state index is 12.7. The van der Waals surface area contributed by atoms with E-state index in [2.05, 4.69) is 15.7 Å². The number of halogens is 1. The van der Waals surface area contributed by atoms with Crippen LogP contribution in [0.4, 0.5) is 11.5 Å². The van der Waals surface area contributed by atoms with Crippen molar-refractivity contribution < 1.29 is 14.3 Å². The number of carbonyl (C=O) groups is 2. The molecular formula is C26H24ClN5O3. The Morgan fingerprint density at radius 3 is 2.49 bits per heavy atom. The Labute approximate surface area is 207 Å². The summed E-state index contributed by atoms with van der Waals surface area (Å²) in [7, 11) is 1.75. The zero-order valence-electron chi connectivity index (χ0n) is 19.0. The van der Waals surface area contributed by atoms with E-state index in [0.717, 1.165) is 5.56 Å². The molecule has 0 bridgehead atoms. The van der Waals surface area contributed by atoms with Gasteiger partial charge in [-0.15, -0.1) is 0 Å². The van der Waals surface area contributed by atoms with Gasteiger partial charge in [0, 0.05) is 36.5 Å². The van der Waals surface area contributed by atoms with Crippen molar-refractivity contribution in [1.29, 1.82) is 0 Å². The molecule has 35 heavy (non-hydrogen) atoms. The van der Waals surface area contributed by atoms with Crippen LogP contribution < -0.4 is 21.1 Å². The van der Waals surface area contributed by atoms with E-state index < -0.39 is 0 Å². The SMILES string of the molecule is Cn1nc(-c2ccc(NC(=O)c3ccccc3Cl)cc2)cc1NC(=O)c1cccc(OCCN)c1. The van der Waals surface area contributed by atoms with E-state index in [4.69, 9.17) is 22.1 Å². The summed E-state index contributed by atoms with van der Waals surface area (Å²) in [6.45, 7) is 0.765. The number of amides is 2. The van der Waals surface area contributed by atoms with Crippen LogP contribution in [0.15, 0.2) is 78.9 Å². The lowest BCUT2D eigenvalue weighted by Crippen LogP contribution is -2.15. The van der Waals surface area contributed by atoms with Gasteiger partial charge in [0.25, 0.3) is 11.8 Å². The van der Waals surface area contributed by atoms with Crippen LogP contribution in [0.3, 0.4) is 0 Å². The number of rotatable bonds is 8. The Morgan fingerprint density at radius 2 is 1.74 bits per heavy atom. The molecule has 0 atom stereocenters. The average molecular weight is 490 g/mol. The molecule has 9 heteroatoms. The number of carbonyl (C=O) groups excluding carboxylic acids is 2. The van der Waals surface area contributed by atoms with Crippen molar-refractivity contribution in [2.45, 2.75) is 0 Å². The number of benzene rings is 3. The van der Waals surface area contributed by atoms with Gasteiger partial charge in [0.15, 0.2) is 0 Å². The molecule has 4 N–H and O–H groups in total. The van der Waals surface area contributed by atoms with Crippen molar-refractivity contribution in [2.75, 3.05) is 23.8 Å². The lowest BCUT2D eigenvalue weighted by atomic mass is 10.1. The predicted octanol–water partition coefficient (Wildman–Crippen LogP) is 4.58. The summed E-state index contributed by atoms with van der Waals surface area (Å²) in [5, 5.41) is 10.6. The Hall–Kier alpha value is -4.14. The molecule has 178 valence electrons. The summed E-state index contributed by atoms with van der Waals surface area (Å²) in [6.07, 6.45) is 0. The summed E-state index contributed by atoms with van der Waals surface area (Å²) in [4.78, 5) is 25.2. The third-order valence-corrected chi connectivity index (χ3v) is 5.49. The fourth-order valence-electron chi connectivity index (χ4n) is 3.39. The second-order valence-corrected chi connectivity index (χ2v) is 8.08. The Morgan fingerprint density at radius 1 is 0.971 bits per heavy atom. The standard InChI is InChI=1S/C26H24ClN5O3/c1-32-24(30-25(33)18-5-4-6-20(15-18)35-14-13-28)16-23(31-32)17-9-11-19(12-10-17)29-26(34)21-7-2-3-8-22(21)27/h2-12,15-16H,13-14,28H2,1H3,(H,29,34)(H,30,33). The second kappa shape index (κ2) is 10.9. The molecule has 0 aliphatic heterocycles. The molecule has 0 saturated carbocycles. The molecule has 0 spiro atoms. The summed E-state index contributed by atoms with van der Waals surface area (Å²) in [5.74, 6) is 0.545. The monoisotopic (exact) mass is 489 g/mol. The largest absolute Gasteiger partial charge is 0.492 e. The van der Waals surface area contributed by atoms with E-state index in [1.807, 2.05) is 12.1 Å². The highest BCUT2D eigenvalue weighted by atomic mass is 35.5. The second-order valence-electron chi connectivity index (χ2n) is 7.67. The first-order valence-electron chi connectivity index (χ1n) is 10.9. The van der Waals surface area contributed by atoms with Crippen LogP contribution in [0.2, 0.25) is 5.02 Å². The van der Waals surface area contributed by atoms with E-state index >= 15 is 0 Å². The number of nitrogens with zero attached hydrogens (tertiary/aromatic N) is 2. The highest BCUT2D eigenvalue weighted by Gasteiger charge is 2.14. The molecular weight excluding hydrogens is 466 g/mol. The number of nitrogens with two attached hydrogens (primary N) is 1. The smallest absolute Gasteiger partial charge is 0.257 e. The summed E-state index contributed by atoms with van der Waals surface area (Å²) >= 11 is 6.10. The summed E-state index contributed by atoms with van der Waals surface area (Å²) in [5.41, 5.74) is 8.45. The van der Waals surface area contributed by atoms with Crippen LogP contribution in [-0.4, -0.2) is 34.7 Å². The van der Waals surface area contributed by atoms with Gasteiger partial charge in [-0.05, 0) is 42.5 Å². The third kappa shape index (κ3) is 5.87. The highest BCUT2D eigenvalue weighted by Crippen LogP contribution is 2.25. The highest BCUT2D eigenvalue weighted by molar-refractivity contribution is 6.34. The van der Waals surface area contributed by atoms with Crippen LogP contribution in [0, 0.1) is 0 Å². The number of aromatic nitrogens is 2. The molecule has 0 fully saturated rings. The van der Waals surface area contributed by atoms with Crippen molar-refractivity contribution in [1.82, 2.24) is 9.78 Å². The number of hydrogen-bond donors (Lipinski definition) is 3. The number of hydrogen-bond acceptors (Lipinski definition) is 5. The molecule has 4 aromatic rings. The van der Waals surface area contributed by atoms with Gasteiger partial charge in [-0.25, -0.2) is 0 Å². The topological polar surface area (TPSA) is 111 Å². The fourth-order valence-corrected chi connectivity index (χ4v) is 3.61. The molecule has 0 saturated heterocycles. The number of anilines is 2. The number of aryl methyl sites for hydroxylation is 1. The van der Waals surface area contributed by atoms with Crippen LogP contribution in [0.1, 0.15) is 20.7 Å². The Bertz CT molecular complexity index is 1350. The Balaban J connectivity index is 1.44. The van der Waals surface area contributed by atoms with E-state index in [9.17, 15) is 9.59 Å². The average Bonchev–Trinajstić information content (AvgIpc) is 3.23. The fraction of sp³-hybridized carbons (Fsp3) is 0.115. The van der Waals surface area contributed by atoms with Crippen molar-refractivity contribution in [2.24, 2.45) is 12.8 Å². The van der Waals surface area contributed by atoms with Crippen LogP contribution >= 0.6 is 11.6 Å². The number of ether oxygens (including phenoxy) is 1. The third-order valence-electron chi connectivity index (χ3n) is 5.16. The van der Waals surface area contributed by atoms with Gasteiger partial charge < -0.3 is 21.1 Å². The lowest BCUT2D eigenvalue weighted by Gasteiger charge is -2.08. The minimum absolute atomic E-state index is 0.282. The minimum Gasteiger partial charge on any atom is -0.492 e. The van der Waals surface area contributed by atoms with Gasteiger partial charge in [0.05, 0.1) is 16.3 Å². The molecule has 8 nitrogen and oxygen atoms in total. The van der Waals surface area contributed by atoms with Crippen LogP contribution in [0.5, 0.6) is 5.75 Å². The summed E-state index contributed by atoms with van der Waals surface area (Å²) < 4.78 is 7.08. The maximum absolute atomic E-state index is 12.7. The van der Waals surface area contributed by atoms with Crippen LogP contribution in [0.25, 0.3) is 11.3 Å². The van der Waals surface area contributed by atoms with Gasteiger partial charge in [-0.1, -0.05) is 41.9 Å². The normalized spacial score (nSPS) is 10.6. The van der Waals surface area contributed by atoms with Crippen molar-refractivity contribution in [3.63, 3.8) is 0 Å². The van der Waals surface area contributed by atoms with E-state index in [1.54, 1.807) is 78.5 Å². The quantitative estimate of drug-likeness (QED) is 0.335. The first-order chi connectivity index (χ1) is 16.9. The van der Waals surface area contributed by atoms with Gasteiger partial charge in [-0.2, -0.15) is 5.10 Å². The lowest BCUT2D eigenvalue weighted by molar-refractivity contribution is 0.101. The summed E-state index contributed by atoms with van der Waals surface area (Å²) in [6, 6.07) is 22.8. The van der Waals surface area contributed by atoms with Gasteiger partial charge in [-0.3, -0.25) is 14.3 Å². The molecule has 1 heterocycles. The van der Waals surface area contributed by atoms with Gasteiger partial charge in [0.2, 0.25) is 0 Å². The molecule has 0 unspecified atom stereocenters. The molecule has 1 aromatic heterocycles. The zero-order chi connectivity index (χ0) is 24.8. The van der Waals surface area contributed by atoms with E-state index in [1.165, 1.54) is 0 Å².